The Morgan fingerprint density at radius 1 is 0.793 bits per heavy atom. The summed E-state index contributed by atoms with van der Waals surface area (Å²) in [6, 6.07) is 0. The molecule has 0 aromatic heterocycles. The molecule has 1 heterocycles. The highest BCUT2D eigenvalue weighted by Gasteiger charge is 2.72. The van der Waals surface area contributed by atoms with Gasteiger partial charge in [-0.25, -0.2) is 0 Å². The molecule has 58 heavy (non-hydrogen) atoms. The maximum absolute atomic E-state index is 13.1. The molecule has 0 aromatic carbocycles. The van der Waals surface area contributed by atoms with Crippen LogP contribution in [0.5, 0.6) is 0 Å². The highest BCUT2D eigenvalue weighted by Crippen LogP contribution is 2.76. The molecule has 4 aliphatic carbocycles. The summed E-state index contributed by atoms with van der Waals surface area (Å²) in [7, 11) is 0. The van der Waals surface area contributed by atoms with Crippen LogP contribution in [0, 0.1) is 57.2 Å². The van der Waals surface area contributed by atoms with Crippen LogP contribution in [0.25, 0.3) is 0 Å². The van der Waals surface area contributed by atoms with E-state index in [9.17, 15) is 19.2 Å². The summed E-state index contributed by atoms with van der Waals surface area (Å²) < 4.78 is 37.6. The molecule has 5 aliphatic rings. The van der Waals surface area contributed by atoms with Crippen molar-refractivity contribution < 1.29 is 47.6 Å². The van der Waals surface area contributed by atoms with Crippen molar-refractivity contribution in [1.29, 1.82) is 0 Å². The first kappa shape index (κ1) is 46.8. The highest BCUT2D eigenvalue weighted by atomic mass is 16.7. The van der Waals surface area contributed by atoms with Crippen LogP contribution in [0.3, 0.4) is 0 Å². The molecule has 0 bridgehead atoms. The Balaban J connectivity index is 1.53. The molecule has 11 nitrogen and oxygen atoms in total. The maximum atomic E-state index is 13.1. The Kier molecular flexibility index (Phi) is 14.5. The third kappa shape index (κ3) is 8.75. The third-order valence-corrected chi connectivity index (χ3v) is 17.2. The Hall–Kier alpha value is -2.24. The van der Waals surface area contributed by atoms with E-state index in [-0.39, 0.29) is 57.5 Å². The number of fused-ring (bicyclic) bond motifs is 5. The molecule has 11 heteroatoms. The van der Waals surface area contributed by atoms with Crippen molar-refractivity contribution in [2.45, 2.75) is 197 Å². The normalized spacial score (nSPS) is 41.5. The molecule has 332 valence electrons. The smallest absolute Gasteiger partial charge is 0.307 e. The van der Waals surface area contributed by atoms with Gasteiger partial charge in [0.2, 0.25) is 0 Å². The standard InChI is InChI=1S/C47H79NO10/c1-14-34-40(55-31(6)50)29(4)41(56-32(7)51)42(57-34)58-47(13,21-16-25-48-26-20-38(52)53-15-2)33-18-23-46(12)39(33)35(54-30(5)49)27-37-44(10)22-17-28(3)43(8,9)36(44)19-24-45(37,46)11/h28-29,33-37,39-42,48H,14-27H2,1-13H3/t28-,29-,33?,34+,35?,36?,37?,39-,40-,41+,42+,44-,45+,46+,47-/m0/s1. The predicted molar refractivity (Wildman–Crippen MR) is 221 cm³/mol. The zero-order valence-electron chi connectivity index (χ0n) is 38.3. The summed E-state index contributed by atoms with van der Waals surface area (Å²) in [5.74, 6) is -0.0324. The second kappa shape index (κ2) is 18.0. The Bertz CT molecular complexity index is 1480. The number of esters is 4. The molecular formula is C47H79NO10. The summed E-state index contributed by atoms with van der Waals surface area (Å²) >= 11 is 0. The maximum Gasteiger partial charge on any atom is 0.307 e. The van der Waals surface area contributed by atoms with Crippen LogP contribution in [0.15, 0.2) is 0 Å². The average Bonchev–Trinajstić information content (AvgIpc) is 3.51. The van der Waals surface area contributed by atoms with Crippen molar-refractivity contribution in [3.63, 3.8) is 0 Å². The molecule has 1 saturated heterocycles. The van der Waals surface area contributed by atoms with Gasteiger partial charge in [-0.2, -0.15) is 0 Å². The van der Waals surface area contributed by atoms with E-state index in [0.717, 1.165) is 32.1 Å². The van der Waals surface area contributed by atoms with Crippen molar-refractivity contribution >= 4 is 23.9 Å². The monoisotopic (exact) mass is 818 g/mol. The van der Waals surface area contributed by atoms with Crippen molar-refractivity contribution in [2.75, 3.05) is 19.7 Å². The number of hydrogen-bond donors (Lipinski definition) is 1. The molecule has 4 saturated carbocycles. The van der Waals surface area contributed by atoms with E-state index >= 15 is 0 Å². The second-order valence-electron chi connectivity index (χ2n) is 20.6. The van der Waals surface area contributed by atoms with Crippen LogP contribution in [-0.2, 0) is 47.6 Å². The summed E-state index contributed by atoms with van der Waals surface area (Å²) in [5, 5.41) is 3.43. The minimum absolute atomic E-state index is 0.00402. The van der Waals surface area contributed by atoms with Crippen molar-refractivity contribution in [3.05, 3.63) is 0 Å². The summed E-state index contributed by atoms with van der Waals surface area (Å²) in [4.78, 5) is 50.1. The lowest BCUT2D eigenvalue weighted by molar-refractivity contribution is -0.327. The molecule has 0 aromatic rings. The zero-order chi connectivity index (χ0) is 43.0. The van der Waals surface area contributed by atoms with Crippen LogP contribution in [-0.4, -0.2) is 79.9 Å². The quantitative estimate of drug-likeness (QED) is 0.0967. The fraction of sp³-hybridized carbons (Fsp3) is 0.915. The molecule has 1 aliphatic heterocycles. The van der Waals surface area contributed by atoms with Gasteiger partial charge in [0, 0.05) is 39.2 Å². The van der Waals surface area contributed by atoms with Crippen LogP contribution in [0.4, 0.5) is 0 Å². The van der Waals surface area contributed by atoms with Gasteiger partial charge in [-0.15, -0.1) is 0 Å². The minimum Gasteiger partial charge on any atom is -0.466 e. The fourth-order valence-electron chi connectivity index (χ4n) is 13.9. The molecule has 0 spiro atoms. The number of rotatable bonds is 15. The number of carbonyl (C=O) groups is 4. The predicted octanol–water partition coefficient (Wildman–Crippen LogP) is 8.58. The number of nitrogens with one attached hydrogen (secondary N) is 1. The lowest BCUT2D eigenvalue weighted by Crippen LogP contribution is -2.66. The van der Waals surface area contributed by atoms with Gasteiger partial charge < -0.3 is 33.7 Å². The van der Waals surface area contributed by atoms with Crippen molar-refractivity contribution in [2.24, 2.45) is 57.2 Å². The Morgan fingerprint density at radius 3 is 2.05 bits per heavy atom. The first-order valence-corrected chi connectivity index (χ1v) is 22.8. The van der Waals surface area contributed by atoms with E-state index in [1.54, 1.807) is 6.92 Å². The Labute approximate surface area is 349 Å². The first-order valence-electron chi connectivity index (χ1n) is 22.8. The topological polar surface area (TPSA) is 136 Å². The van der Waals surface area contributed by atoms with Gasteiger partial charge in [0.05, 0.1) is 24.7 Å². The van der Waals surface area contributed by atoms with Crippen LogP contribution in [0.1, 0.15) is 161 Å². The van der Waals surface area contributed by atoms with Crippen molar-refractivity contribution in [3.8, 4) is 0 Å². The molecule has 5 rings (SSSR count). The second-order valence-corrected chi connectivity index (χ2v) is 20.6. The van der Waals surface area contributed by atoms with Gasteiger partial charge in [0.15, 0.2) is 12.4 Å². The van der Waals surface area contributed by atoms with Crippen LogP contribution >= 0.6 is 0 Å². The molecule has 5 fully saturated rings. The van der Waals surface area contributed by atoms with Gasteiger partial charge in [-0.05, 0) is 130 Å². The number of ether oxygens (including phenoxy) is 6. The SMILES string of the molecule is CCOC(=O)CCNCCC[C@](C)(O[C@H]1O[C@H](CC)[C@@H](OC(C)=O)[C@H](C)[C@H]1OC(C)=O)C1CC[C@]2(C)[C@@H]1C(OC(C)=O)CC1[C@@]3(C)CC[C@H](C)C(C)(C)C3CC[C@]12C. The fourth-order valence-corrected chi connectivity index (χ4v) is 13.9. The van der Waals surface area contributed by atoms with E-state index in [2.05, 4.69) is 53.8 Å². The Morgan fingerprint density at radius 2 is 1.43 bits per heavy atom. The van der Waals surface area contributed by atoms with Crippen LogP contribution < -0.4 is 5.32 Å². The summed E-state index contributed by atoms with van der Waals surface area (Å²) in [6.07, 6.45) is 6.70. The van der Waals surface area contributed by atoms with Crippen LogP contribution in [0.2, 0.25) is 0 Å². The van der Waals surface area contributed by atoms with Gasteiger partial charge in [-0.3, -0.25) is 19.2 Å². The molecule has 1 N–H and O–H groups in total. The average molecular weight is 818 g/mol. The molecule has 0 amide bonds. The molecule has 0 radical (unpaired) electrons. The number of hydrogen-bond acceptors (Lipinski definition) is 11. The first-order chi connectivity index (χ1) is 27.1. The molecule has 15 atom stereocenters. The van der Waals surface area contributed by atoms with E-state index in [4.69, 9.17) is 28.4 Å². The van der Waals surface area contributed by atoms with Crippen molar-refractivity contribution in [1.82, 2.24) is 5.32 Å². The van der Waals surface area contributed by atoms with Gasteiger partial charge in [0.1, 0.15) is 12.2 Å². The molecular weight excluding hydrogens is 739 g/mol. The van der Waals surface area contributed by atoms with E-state index in [1.807, 2.05) is 20.8 Å². The van der Waals surface area contributed by atoms with E-state index in [0.29, 0.717) is 56.7 Å². The zero-order valence-corrected chi connectivity index (χ0v) is 38.3. The lowest BCUT2D eigenvalue weighted by Gasteiger charge is -2.71. The minimum atomic E-state index is -0.913. The van der Waals surface area contributed by atoms with E-state index < -0.39 is 42.1 Å². The van der Waals surface area contributed by atoms with Gasteiger partial charge in [0.25, 0.3) is 0 Å². The summed E-state index contributed by atoms with van der Waals surface area (Å²) in [5.41, 5.74) is -0.516. The lowest BCUT2D eigenvalue weighted by atomic mass is 9.34. The van der Waals surface area contributed by atoms with Gasteiger partial charge in [-0.1, -0.05) is 55.4 Å². The number of carbonyl (C=O) groups excluding carboxylic acids is 4. The largest absolute Gasteiger partial charge is 0.466 e. The van der Waals surface area contributed by atoms with E-state index in [1.165, 1.54) is 33.1 Å². The third-order valence-electron chi connectivity index (χ3n) is 17.2. The van der Waals surface area contributed by atoms with Gasteiger partial charge >= 0.3 is 23.9 Å². The summed E-state index contributed by atoms with van der Waals surface area (Å²) in [6.45, 7) is 28.8. The molecule has 4 unspecified atom stereocenters. The highest BCUT2D eigenvalue weighted by molar-refractivity contribution is 5.69.